The van der Waals surface area contributed by atoms with Crippen molar-refractivity contribution in [3.05, 3.63) is 59.9 Å². The SMILES string of the molecule is Nc1ccncc1CC1(O)CCCCC1c1ccccc1. The lowest BCUT2D eigenvalue weighted by atomic mass is 9.69. The topological polar surface area (TPSA) is 59.1 Å². The smallest absolute Gasteiger partial charge is 0.0757 e. The van der Waals surface area contributed by atoms with Crippen LogP contribution in [-0.2, 0) is 6.42 Å². The summed E-state index contributed by atoms with van der Waals surface area (Å²) in [5, 5.41) is 11.3. The lowest BCUT2D eigenvalue weighted by Crippen LogP contribution is -2.41. The zero-order valence-electron chi connectivity index (χ0n) is 12.2. The van der Waals surface area contributed by atoms with E-state index in [1.54, 1.807) is 18.5 Å². The molecule has 0 radical (unpaired) electrons. The lowest BCUT2D eigenvalue weighted by Gasteiger charge is -2.40. The van der Waals surface area contributed by atoms with Gasteiger partial charge in [-0.1, -0.05) is 43.2 Å². The van der Waals surface area contributed by atoms with Crippen LogP contribution in [-0.4, -0.2) is 15.7 Å². The molecular weight excluding hydrogens is 260 g/mol. The zero-order chi connectivity index (χ0) is 14.7. The van der Waals surface area contributed by atoms with Crippen molar-refractivity contribution in [1.82, 2.24) is 4.98 Å². The second-order valence-corrected chi connectivity index (χ2v) is 6.06. The Morgan fingerprint density at radius 3 is 2.76 bits per heavy atom. The van der Waals surface area contributed by atoms with Gasteiger partial charge in [0.2, 0.25) is 0 Å². The van der Waals surface area contributed by atoms with Gasteiger partial charge in [-0.25, -0.2) is 0 Å². The highest BCUT2D eigenvalue weighted by molar-refractivity contribution is 5.45. The number of nitrogen functional groups attached to an aromatic ring is 1. The van der Waals surface area contributed by atoms with E-state index < -0.39 is 5.60 Å². The molecule has 0 saturated heterocycles. The Bertz CT molecular complexity index is 599. The van der Waals surface area contributed by atoms with Gasteiger partial charge in [-0.3, -0.25) is 4.98 Å². The van der Waals surface area contributed by atoms with Gasteiger partial charge in [0.15, 0.2) is 0 Å². The molecule has 3 nitrogen and oxygen atoms in total. The Morgan fingerprint density at radius 1 is 1.19 bits per heavy atom. The van der Waals surface area contributed by atoms with Gasteiger partial charge < -0.3 is 10.8 Å². The van der Waals surface area contributed by atoms with Crippen molar-refractivity contribution in [2.24, 2.45) is 0 Å². The Morgan fingerprint density at radius 2 is 2.00 bits per heavy atom. The molecule has 1 fully saturated rings. The normalized spacial score (nSPS) is 25.7. The molecule has 2 aromatic rings. The first-order valence-corrected chi connectivity index (χ1v) is 7.65. The number of nitrogens with two attached hydrogens (primary N) is 1. The molecule has 0 spiro atoms. The van der Waals surface area contributed by atoms with Crippen molar-refractivity contribution in [2.45, 2.75) is 43.6 Å². The standard InChI is InChI=1S/C18H22N2O/c19-17-9-11-20-13-15(17)12-18(21)10-5-4-8-16(18)14-6-2-1-3-7-14/h1-3,6-7,9,11,13,16,21H,4-5,8,10,12H2,(H2,19,20). The molecular formula is C18H22N2O. The quantitative estimate of drug-likeness (QED) is 0.908. The molecule has 1 aromatic heterocycles. The number of anilines is 1. The van der Waals surface area contributed by atoms with Gasteiger partial charge in [-0.15, -0.1) is 0 Å². The highest BCUT2D eigenvalue weighted by atomic mass is 16.3. The number of nitrogens with zero attached hydrogens (tertiary/aromatic N) is 1. The predicted molar refractivity (Wildman–Crippen MR) is 85.0 cm³/mol. The summed E-state index contributed by atoms with van der Waals surface area (Å²) in [5.74, 6) is 0.173. The molecule has 0 amide bonds. The summed E-state index contributed by atoms with van der Waals surface area (Å²) in [4.78, 5) is 4.15. The molecule has 1 saturated carbocycles. The van der Waals surface area contributed by atoms with Crippen molar-refractivity contribution in [1.29, 1.82) is 0 Å². The summed E-state index contributed by atoms with van der Waals surface area (Å²) < 4.78 is 0. The molecule has 3 heteroatoms. The van der Waals surface area contributed by atoms with E-state index in [0.717, 1.165) is 30.5 Å². The van der Waals surface area contributed by atoms with Crippen LogP contribution < -0.4 is 5.73 Å². The monoisotopic (exact) mass is 282 g/mol. The lowest BCUT2D eigenvalue weighted by molar-refractivity contribution is -0.0166. The van der Waals surface area contributed by atoms with E-state index >= 15 is 0 Å². The van der Waals surface area contributed by atoms with E-state index in [9.17, 15) is 5.11 Å². The summed E-state index contributed by atoms with van der Waals surface area (Å²) in [7, 11) is 0. The number of benzene rings is 1. The molecule has 1 heterocycles. The van der Waals surface area contributed by atoms with E-state index in [1.807, 2.05) is 18.2 Å². The fraction of sp³-hybridized carbons (Fsp3) is 0.389. The van der Waals surface area contributed by atoms with E-state index in [0.29, 0.717) is 6.42 Å². The van der Waals surface area contributed by atoms with Gasteiger partial charge in [-0.05, 0) is 30.0 Å². The van der Waals surface area contributed by atoms with Crippen LogP contribution in [0.25, 0.3) is 0 Å². The van der Waals surface area contributed by atoms with Crippen LogP contribution in [0.1, 0.15) is 42.7 Å². The van der Waals surface area contributed by atoms with Crippen molar-refractivity contribution in [3.8, 4) is 0 Å². The average Bonchev–Trinajstić information content (AvgIpc) is 2.51. The van der Waals surface area contributed by atoms with Crippen LogP contribution in [0.15, 0.2) is 48.8 Å². The summed E-state index contributed by atoms with van der Waals surface area (Å²) in [6, 6.07) is 12.1. The maximum Gasteiger partial charge on any atom is 0.0757 e. The van der Waals surface area contributed by atoms with Crippen LogP contribution in [0, 0.1) is 0 Å². The Balaban J connectivity index is 1.91. The number of pyridine rings is 1. The van der Waals surface area contributed by atoms with E-state index in [1.165, 1.54) is 12.0 Å². The molecule has 0 aliphatic heterocycles. The summed E-state index contributed by atoms with van der Waals surface area (Å²) in [5.41, 5.74) is 8.19. The zero-order valence-corrected chi connectivity index (χ0v) is 12.2. The average molecular weight is 282 g/mol. The molecule has 3 rings (SSSR count). The maximum atomic E-state index is 11.3. The molecule has 1 aliphatic carbocycles. The highest BCUT2D eigenvalue weighted by Gasteiger charge is 2.40. The van der Waals surface area contributed by atoms with Crippen LogP contribution in [0.2, 0.25) is 0 Å². The Labute approximate surface area is 125 Å². The van der Waals surface area contributed by atoms with Gasteiger partial charge in [0.25, 0.3) is 0 Å². The first-order chi connectivity index (χ1) is 10.2. The third-order valence-corrected chi connectivity index (χ3v) is 4.64. The number of hydrogen-bond acceptors (Lipinski definition) is 3. The summed E-state index contributed by atoms with van der Waals surface area (Å²) in [6.45, 7) is 0. The molecule has 0 bridgehead atoms. The van der Waals surface area contributed by atoms with Crippen molar-refractivity contribution in [2.75, 3.05) is 5.73 Å². The fourth-order valence-electron chi connectivity index (χ4n) is 3.51. The van der Waals surface area contributed by atoms with E-state index in [2.05, 4.69) is 17.1 Å². The molecule has 2 unspecified atom stereocenters. The van der Waals surface area contributed by atoms with Gasteiger partial charge >= 0.3 is 0 Å². The molecule has 1 aromatic carbocycles. The van der Waals surface area contributed by atoms with Gasteiger partial charge in [0.1, 0.15) is 0 Å². The number of aliphatic hydroxyl groups is 1. The first kappa shape index (κ1) is 14.1. The van der Waals surface area contributed by atoms with Crippen LogP contribution >= 0.6 is 0 Å². The minimum absolute atomic E-state index is 0.173. The summed E-state index contributed by atoms with van der Waals surface area (Å²) in [6.07, 6.45) is 8.14. The molecule has 2 atom stereocenters. The maximum absolute atomic E-state index is 11.3. The van der Waals surface area contributed by atoms with Crippen molar-refractivity contribution < 1.29 is 5.11 Å². The number of rotatable bonds is 3. The Hall–Kier alpha value is -1.87. The minimum Gasteiger partial charge on any atom is -0.398 e. The molecule has 110 valence electrons. The number of aromatic nitrogens is 1. The van der Waals surface area contributed by atoms with Gasteiger partial charge in [0.05, 0.1) is 5.60 Å². The second kappa shape index (κ2) is 5.86. The van der Waals surface area contributed by atoms with Gasteiger partial charge in [0, 0.05) is 30.4 Å². The second-order valence-electron chi connectivity index (χ2n) is 6.06. The third kappa shape index (κ3) is 2.93. The van der Waals surface area contributed by atoms with Gasteiger partial charge in [-0.2, -0.15) is 0 Å². The minimum atomic E-state index is -0.725. The van der Waals surface area contributed by atoms with E-state index in [-0.39, 0.29) is 5.92 Å². The van der Waals surface area contributed by atoms with Crippen LogP contribution in [0.5, 0.6) is 0 Å². The predicted octanol–water partition coefficient (Wildman–Crippen LogP) is 3.30. The van der Waals surface area contributed by atoms with Crippen LogP contribution in [0.3, 0.4) is 0 Å². The molecule has 1 aliphatic rings. The summed E-state index contributed by atoms with van der Waals surface area (Å²) >= 11 is 0. The highest BCUT2D eigenvalue weighted by Crippen LogP contribution is 2.43. The Kier molecular flexibility index (Phi) is 3.93. The third-order valence-electron chi connectivity index (χ3n) is 4.64. The molecule has 3 N–H and O–H groups in total. The fourth-order valence-corrected chi connectivity index (χ4v) is 3.51. The van der Waals surface area contributed by atoms with Crippen molar-refractivity contribution in [3.63, 3.8) is 0 Å². The van der Waals surface area contributed by atoms with E-state index in [4.69, 9.17) is 5.73 Å². The van der Waals surface area contributed by atoms with Crippen LogP contribution in [0.4, 0.5) is 5.69 Å². The van der Waals surface area contributed by atoms with Crippen molar-refractivity contribution >= 4 is 5.69 Å². The molecule has 21 heavy (non-hydrogen) atoms. The first-order valence-electron chi connectivity index (χ1n) is 7.65. The largest absolute Gasteiger partial charge is 0.398 e. The number of hydrogen-bond donors (Lipinski definition) is 2.